The lowest BCUT2D eigenvalue weighted by Crippen LogP contribution is -2.03. The molecule has 0 saturated carbocycles. The van der Waals surface area contributed by atoms with Crippen LogP contribution < -0.4 is 45.4 Å². The van der Waals surface area contributed by atoms with Crippen molar-refractivity contribution < 1.29 is 8.83 Å². The van der Waals surface area contributed by atoms with Gasteiger partial charge in [-0.3, -0.25) is 0 Å². The van der Waals surface area contributed by atoms with Gasteiger partial charge in [-0.05, 0) is 47.5 Å². The Bertz CT molecular complexity index is 1560. The standard InChI is InChI=1S/C22H14N4O6/c23-9-1-7(2-10(24)5-9)13-15-17(21(29)31-19(15)27)14(8-3-11(25)6-12(26)4-8)18-16(13)20(28)32-22(18)30/h1-6H,23-26H2. The van der Waals surface area contributed by atoms with Gasteiger partial charge in [-0.25, -0.2) is 19.2 Å². The molecule has 5 rings (SSSR count). The third-order valence-corrected chi connectivity index (χ3v) is 5.22. The van der Waals surface area contributed by atoms with E-state index in [1.807, 2.05) is 0 Å². The Kier molecular flexibility index (Phi) is 3.78. The Morgan fingerprint density at radius 3 is 0.938 bits per heavy atom. The minimum Gasteiger partial charge on any atom is -0.399 e. The second-order valence-corrected chi connectivity index (χ2v) is 7.38. The van der Waals surface area contributed by atoms with Crippen molar-refractivity contribution in [3.63, 3.8) is 0 Å². The molecule has 0 radical (unpaired) electrons. The molecule has 0 atom stereocenters. The van der Waals surface area contributed by atoms with E-state index >= 15 is 0 Å². The Labute approximate surface area is 177 Å². The lowest BCUT2D eigenvalue weighted by molar-refractivity contribution is 0.499. The molecular formula is C22H14N4O6. The second-order valence-electron chi connectivity index (χ2n) is 7.38. The number of rotatable bonds is 2. The molecule has 2 aromatic heterocycles. The van der Waals surface area contributed by atoms with Crippen LogP contribution in [-0.2, 0) is 0 Å². The van der Waals surface area contributed by atoms with Crippen LogP contribution >= 0.6 is 0 Å². The van der Waals surface area contributed by atoms with Crippen molar-refractivity contribution in [3.05, 3.63) is 78.1 Å². The van der Waals surface area contributed by atoms with Gasteiger partial charge in [0.05, 0.1) is 21.5 Å². The molecule has 0 saturated heterocycles. The summed E-state index contributed by atoms with van der Waals surface area (Å²) >= 11 is 0. The summed E-state index contributed by atoms with van der Waals surface area (Å²) in [6.07, 6.45) is 0. The fourth-order valence-corrected chi connectivity index (χ4v) is 4.16. The van der Waals surface area contributed by atoms with E-state index < -0.39 is 22.5 Å². The van der Waals surface area contributed by atoms with Crippen molar-refractivity contribution in [1.29, 1.82) is 0 Å². The highest BCUT2D eigenvalue weighted by Crippen LogP contribution is 2.41. The first-order chi connectivity index (χ1) is 15.2. The summed E-state index contributed by atoms with van der Waals surface area (Å²) in [5, 5.41) is -0.828. The van der Waals surface area contributed by atoms with Gasteiger partial charge in [0.1, 0.15) is 0 Å². The molecule has 3 aromatic carbocycles. The summed E-state index contributed by atoms with van der Waals surface area (Å²) in [5.74, 6) is 0. The molecule has 2 heterocycles. The first-order valence-electron chi connectivity index (χ1n) is 9.25. The fraction of sp³-hybridized carbons (Fsp3) is 0. The van der Waals surface area contributed by atoms with Gasteiger partial charge in [-0.15, -0.1) is 0 Å². The molecule has 5 aromatic rings. The maximum Gasteiger partial charge on any atom is 0.347 e. The van der Waals surface area contributed by atoms with Crippen molar-refractivity contribution in [2.24, 2.45) is 0 Å². The van der Waals surface area contributed by atoms with Crippen molar-refractivity contribution in [3.8, 4) is 22.3 Å². The summed E-state index contributed by atoms with van der Waals surface area (Å²) in [6, 6.07) is 8.77. The van der Waals surface area contributed by atoms with Crippen molar-refractivity contribution in [2.75, 3.05) is 22.9 Å². The lowest BCUT2D eigenvalue weighted by atomic mass is 9.89. The summed E-state index contributed by atoms with van der Waals surface area (Å²) in [4.78, 5) is 51.0. The van der Waals surface area contributed by atoms with E-state index in [4.69, 9.17) is 31.8 Å². The Morgan fingerprint density at radius 1 is 0.438 bits per heavy atom. The first-order valence-corrected chi connectivity index (χ1v) is 9.25. The number of benzene rings is 3. The Morgan fingerprint density at radius 2 is 0.688 bits per heavy atom. The number of fused-ring (bicyclic) bond motifs is 2. The third-order valence-electron chi connectivity index (χ3n) is 5.22. The molecule has 10 heteroatoms. The number of nitrogens with two attached hydrogens (primary N) is 4. The highest BCUT2D eigenvalue weighted by atomic mass is 16.4. The number of hydrogen-bond donors (Lipinski definition) is 4. The average molecular weight is 430 g/mol. The third kappa shape index (κ3) is 2.59. The van der Waals surface area contributed by atoms with E-state index in [2.05, 4.69) is 0 Å². The summed E-state index contributed by atoms with van der Waals surface area (Å²) in [7, 11) is 0. The highest BCUT2D eigenvalue weighted by Gasteiger charge is 2.29. The van der Waals surface area contributed by atoms with Crippen molar-refractivity contribution in [2.45, 2.75) is 0 Å². The van der Waals surface area contributed by atoms with Crippen LogP contribution in [0.4, 0.5) is 22.7 Å². The Balaban J connectivity index is 2.14. The van der Waals surface area contributed by atoms with E-state index in [-0.39, 0.29) is 66.5 Å². The minimum atomic E-state index is -0.992. The highest BCUT2D eigenvalue weighted by molar-refractivity contribution is 6.21. The van der Waals surface area contributed by atoms with Crippen LogP contribution in [0.25, 0.3) is 43.8 Å². The quantitative estimate of drug-likeness (QED) is 0.295. The topological polar surface area (TPSA) is 199 Å². The first kappa shape index (κ1) is 19.1. The van der Waals surface area contributed by atoms with Gasteiger partial charge in [-0.1, -0.05) is 0 Å². The Hall–Kier alpha value is -4.86. The smallest absolute Gasteiger partial charge is 0.347 e. The van der Waals surface area contributed by atoms with E-state index in [1.165, 1.54) is 36.4 Å². The molecule has 0 bridgehead atoms. The van der Waals surface area contributed by atoms with Crippen molar-refractivity contribution in [1.82, 2.24) is 0 Å². The largest absolute Gasteiger partial charge is 0.399 e. The van der Waals surface area contributed by atoms with E-state index in [0.717, 1.165) is 0 Å². The molecule has 8 N–H and O–H groups in total. The minimum absolute atomic E-state index is 0.0266. The van der Waals surface area contributed by atoms with Crippen LogP contribution in [0.15, 0.2) is 64.4 Å². The molecule has 0 amide bonds. The van der Waals surface area contributed by atoms with E-state index in [0.29, 0.717) is 0 Å². The van der Waals surface area contributed by atoms with Gasteiger partial charge in [0.2, 0.25) is 0 Å². The molecule has 0 aliphatic carbocycles. The molecule has 10 nitrogen and oxygen atoms in total. The summed E-state index contributed by atoms with van der Waals surface area (Å²) < 4.78 is 9.72. The number of furan rings is 2. The predicted molar refractivity (Wildman–Crippen MR) is 122 cm³/mol. The molecule has 0 spiro atoms. The number of nitrogen functional groups attached to an aromatic ring is 4. The molecule has 32 heavy (non-hydrogen) atoms. The number of hydrogen-bond acceptors (Lipinski definition) is 10. The molecule has 0 fully saturated rings. The van der Waals surface area contributed by atoms with Gasteiger partial charge in [0.25, 0.3) is 0 Å². The predicted octanol–water partition coefficient (Wildman–Crippen LogP) is 1.16. The van der Waals surface area contributed by atoms with Gasteiger partial charge < -0.3 is 31.8 Å². The van der Waals surface area contributed by atoms with E-state index in [9.17, 15) is 19.2 Å². The summed E-state index contributed by atoms with van der Waals surface area (Å²) in [6.45, 7) is 0. The van der Waals surface area contributed by atoms with Gasteiger partial charge >= 0.3 is 22.5 Å². The van der Waals surface area contributed by atoms with Crippen LogP contribution in [-0.4, -0.2) is 0 Å². The van der Waals surface area contributed by atoms with Crippen LogP contribution in [0.5, 0.6) is 0 Å². The average Bonchev–Trinajstić information content (AvgIpc) is 3.14. The maximum absolute atomic E-state index is 12.8. The zero-order valence-electron chi connectivity index (χ0n) is 16.2. The molecule has 0 aliphatic rings. The normalized spacial score (nSPS) is 11.5. The second kappa shape index (κ2) is 6.32. The fourth-order valence-electron chi connectivity index (χ4n) is 4.16. The zero-order valence-corrected chi connectivity index (χ0v) is 16.2. The molecule has 0 unspecified atom stereocenters. The molecule has 0 aliphatic heterocycles. The number of anilines is 4. The van der Waals surface area contributed by atoms with Crippen LogP contribution in [0, 0.1) is 0 Å². The van der Waals surface area contributed by atoms with Crippen LogP contribution in [0.2, 0.25) is 0 Å². The van der Waals surface area contributed by atoms with Crippen LogP contribution in [0.3, 0.4) is 0 Å². The van der Waals surface area contributed by atoms with Gasteiger partial charge in [0, 0.05) is 33.9 Å². The zero-order chi connectivity index (χ0) is 22.9. The van der Waals surface area contributed by atoms with Gasteiger partial charge in [-0.2, -0.15) is 0 Å². The summed E-state index contributed by atoms with van der Waals surface area (Å²) in [5.41, 5.74) is 21.0. The maximum atomic E-state index is 12.8. The van der Waals surface area contributed by atoms with Gasteiger partial charge in [0.15, 0.2) is 0 Å². The lowest BCUT2D eigenvalue weighted by Gasteiger charge is -2.11. The van der Waals surface area contributed by atoms with Crippen LogP contribution in [0.1, 0.15) is 0 Å². The van der Waals surface area contributed by atoms with Crippen molar-refractivity contribution >= 4 is 44.3 Å². The molecule has 158 valence electrons. The molecular weight excluding hydrogens is 416 g/mol. The SMILES string of the molecule is Nc1cc(N)cc(-c2c3c(=O)oc(=O)c3c(-c3cc(N)cc(N)c3)c3c(=O)oc(=O)c23)c1. The monoisotopic (exact) mass is 430 g/mol. The van der Waals surface area contributed by atoms with E-state index in [1.54, 1.807) is 0 Å².